The quantitative estimate of drug-likeness (QED) is 0.656. The first-order chi connectivity index (χ1) is 10.3. The van der Waals surface area contributed by atoms with Gasteiger partial charge >= 0.3 is 6.03 Å². The summed E-state index contributed by atoms with van der Waals surface area (Å²) in [4.78, 5) is 26.4. The number of hydrogen-bond donors (Lipinski definition) is 3. The van der Waals surface area contributed by atoms with Crippen molar-refractivity contribution in [1.82, 2.24) is 15.5 Å². The van der Waals surface area contributed by atoms with E-state index >= 15 is 0 Å². The maximum atomic E-state index is 12.8. The minimum atomic E-state index is -0.740. The van der Waals surface area contributed by atoms with Crippen LogP contribution in [-0.2, 0) is 4.79 Å². The Balaban J connectivity index is 0.00000484. The third-order valence-corrected chi connectivity index (χ3v) is 4.56. The van der Waals surface area contributed by atoms with Gasteiger partial charge in [-0.1, -0.05) is 26.7 Å². The summed E-state index contributed by atoms with van der Waals surface area (Å²) in [6.07, 6.45) is 4.14. The number of nitrogens with two attached hydrogens (primary N) is 1. The van der Waals surface area contributed by atoms with E-state index in [0.29, 0.717) is 31.8 Å². The van der Waals surface area contributed by atoms with Crippen molar-refractivity contribution in [2.75, 3.05) is 20.1 Å². The van der Waals surface area contributed by atoms with Crippen molar-refractivity contribution >= 4 is 24.3 Å². The molecule has 0 spiro atoms. The number of rotatable bonds is 7. The van der Waals surface area contributed by atoms with Crippen molar-refractivity contribution < 1.29 is 9.59 Å². The van der Waals surface area contributed by atoms with Crippen molar-refractivity contribution in [3.63, 3.8) is 0 Å². The third kappa shape index (κ3) is 6.18. The van der Waals surface area contributed by atoms with Crippen molar-refractivity contribution in [2.45, 2.75) is 64.5 Å². The second-order valence-corrected chi connectivity index (χ2v) is 6.70. The fourth-order valence-corrected chi connectivity index (χ4v) is 2.94. The molecule has 1 unspecified atom stereocenters. The molecule has 0 aliphatic heterocycles. The van der Waals surface area contributed by atoms with E-state index in [1.54, 1.807) is 11.9 Å². The van der Waals surface area contributed by atoms with Crippen molar-refractivity contribution in [3.05, 3.63) is 0 Å². The summed E-state index contributed by atoms with van der Waals surface area (Å²) in [7, 11) is 1.80. The van der Waals surface area contributed by atoms with Crippen LogP contribution in [0.25, 0.3) is 0 Å². The Hall–Kier alpha value is -1.01. The summed E-state index contributed by atoms with van der Waals surface area (Å²) in [5.74, 6) is 0.407. The average molecular weight is 349 g/mol. The highest BCUT2D eigenvalue weighted by Gasteiger charge is 2.43. The molecule has 0 bridgehead atoms. The molecule has 0 aromatic heterocycles. The monoisotopic (exact) mass is 348 g/mol. The molecule has 1 atom stereocenters. The topological polar surface area (TPSA) is 87.5 Å². The van der Waals surface area contributed by atoms with Gasteiger partial charge in [-0.05, 0) is 32.1 Å². The van der Waals surface area contributed by atoms with Gasteiger partial charge in [0.25, 0.3) is 0 Å². The fraction of sp³-hybridized carbons (Fsp3) is 0.875. The number of nitrogens with one attached hydrogen (secondary N) is 2. The number of nitrogens with zero attached hydrogens (tertiary/aromatic N) is 1. The Morgan fingerprint density at radius 1 is 1.26 bits per heavy atom. The minimum Gasteiger partial charge on any atom is -0.344 e. The van der Waals surface area contributed by atoms with E-state index in [1.165, 1.54) is 0 Å². The van der Waals surface area contributed by atoms with Gasteiger partial charge in [-0.3, -0.25) is 4.79 Å². The molecule has 1 saturated carbocycles. The summed E-state index contributed by atoms with van der Waals surface area (Å²) in [6, 6.07) is -0.170. The lowest BCUT2D eigenvalue weighted by molar-refractivity contribution is -0.136. The average Bonchev–Trinajstić information content (AvgIpc) is 2.93. The SMILES string of the molecule is CCNC(=O)NC1(C(=O)N(C)CCC(N)C(C)C)CCCC1.Cl. The Morgan fingerprint density at radius 2 is 1.83 bits per heavy atom. The number of likely N-dealkylation sites (N-methyl/N-ethyl adjacent to an activating group) is 1. The van der Waals surface area contributed by atoms with Gasteiger partial charge in [0.1, 0.15) is 5.54 Å². The van der Waals surface area contributed by atoms with Gasteiger partial charge in [-0.15, -0.1) is 12.4 Å². The molecule has 3 amide bonds. The molecule has 4 N–H and O–H groups in total. The van der Waals surface area contributed by atoms with Crippen LogP contribution >= 0.6 is 12.4 Å². The third-order valence-electron chi connectivity index (χ3n) is 4.56. The smallest absolute Gasteiger partial charge is 0.315 e. The lowest BCUT2D eigenvalue weighted by Crippen LogP contribution is -2.59. The molecule has 1 aliphatic carbocycles. The summed E-state index contributed by atoms with van der Waals surface area (Å²) in [6.45, 7) is 7.21. The molecular weight excluding hydrogens is 316 g/mol. The molecule has 0 heterocycles. The van der Waals surface area contributed by atoms with Gasteiger partial charge in [0.15, 0.2) is 0 Å². The van der Waals surface area contributed by atoms with Gasteiger partial charge in [0.05, 0.1) is 0 Å². The molecule has 1 fully saturated rings. The number of carbonyl (C=O) groups excluding carboxylic acids is 2. The highest BCUT2D eigenvalue weighted by atomic mass is 35.5. The first-order valence-electron chi connectivity index (χ1n) is 8.39. The van der Waals surface area contributed by atoms with Gasteiger partial charge in [-0.25, -0.2) is 4.79 Å². The molecule has 7 heteroatoms. The first-order valence-corrected chi connectivity index (χ1v) is 8.39. The van der Waals surface area contributed by atoms with Crippen LogP contribution in [0, 0.1) is 5.92 Å². The number of amides is 3. The maximum absolute atomic E-state index is 12.8. The largest absolute Gasteiger partial charge is 0.344 e. The van der Waals surface area contributed by atoms with Crippen LogP contribution in [-0.4, -0.2) is 48.6 Å². The van der Waals surface area contributed by atoms with E-state index in [1.807, 2.05) is 6.92 Å². The van der Waals surface area contributed by atoms with Crippen molar-refractivity contribution in [1.29, 1.82) is 0 Å². The summed E-state index contributed by atoms with van der Waals surface area (Å²) in [5.41, 5.74) is 5.31. The molecule has 23 heavy (non-hydrogen) atoms. The highest BCUT2D eigenvalue weighted by molar-refractivity contribution is 5.91. The Morgan fingerprint density at radius 3 is 2.30 bits per heavy atom. The number of urea groups is 1. The van der Waals surface area contributed by atoms with Crippen LogP contribution in [0.15, 0.2) is 0 Å². The number of carbonyl (C=O) groups is 2. The van der Waals surface area contributed by atoms with Crippen molar-refractivity contribution in [2.24, 2.45) is 11.7 Å². The standard InChI is InChI=1S/C16H32N4O2.ClH/c1-5-18-15(22)19-16(9-6-7-10-16)14(21)20(4)11-8-13(17)12(2)3;/h12-13H,5-11,17H2,1-4H3,(H2,18,19,22);1H. The van der Waals surface area contributed by atoms with Gasteiger partial charge in [0, 0.05) is 26.2 Å². The second-order valence-electron chi connectivity index (χ2n) is 6.70. The van der Waals surface area contributed by atoms with E-state index in [9.17, 15) is 9.59 Å². The Bertz CT molecular complexity index is 384. The first kappa shape index (κ1) is 22.0. The zero-order valence-corrected chi connectivity index (χ0v) is 15.7. The van der Waals surface area contributed by atoms with E-state index in [-0.39, 0.29) is 30.4 Å². The van der Waals surface area contributed by atoms with Gasteiger partial charge in [-0.2, -0.15) is 0 Å². The van der Waals surface area contributed by atoms with E-state index in [2.05, 4.69) is 24.5 Å². The molecular formula is C16H33ClN4O2. The molecule has 0 aromatic carbocycles. The minimum absolute atomic E-state index is 0. The van der Waals surface area contributed by atoms with E-state index < -0.39 is 5.54 Å². The molecule has 0 aromatic rings. The highest BCUT2D eigenvalue weighted by Crippen LogP contribution is 2.31. The Labute approximate surface area is 146 Å². The number of halogens is 1. The predicted molar refractivity (Wildman–Crippen MR) is 95.7 cm³/mol. The molecule has 136 valence electrons. The molecule has 6 nitrogen and oxygen atoms in total. The van der Waals surface area contributed by atoms with Gasteiger partial charge < -0.3 is 21.3 Å². The van der Waals surface area contributed by atoms with Crippen LogP contribution in [0.1, 0.15) is 52.9 Å². The zero-order valence-electron chi connectivity index (χ0n) is 14.9. The van der Waals surface area contributed by atoms with E-state index in [0.717, 1.165) is 19.3 Å². The lowest BCUT2D eigenvalue weighted by Gasteiger charge is -2.33. The maximum Gasteiger partial charge on any atom is 0.315 e. The summed E-state index contributed by atoms with van der Waals surface area (Å²) >= 11 is 0. The lowest BCUT2D eigenvalue weighted by atomic mass is 9.95. The molecule has 0 radical (unpaired) electrons. The van der Waals surface area contributed by atoms with Crippen LogP contribution in [0.4, 0.5) is 4.79 Å². The summed E-state index contributed by atoms with van der Waals surface area (Å²) < 4.78 is 0. The van der Waals surface area contributed by atoms with Crippen LogP contribution < -0.4 is 16.4 Å². The fourth-order valence-electron chi connectivity index (χ4n) is 2.94. The van der Waals surface area contributed by atoms with Crippen LogP contribution in [0.2, 0.25) is 0 Å². The van der Waals surface area contributed by atoms with Crippen molar-refractivity contribution in [3.8, 4) is 0 Å². The van der Waals surface area contributed by atoms with Crippen LogP contribution in [0.5, 0.6) is 0 Å². The van der Waals surface area contributed by atoms with E-state index in [4.69, 9.17) is 5.73 Å². The Kier molecular flexibility index (Phi) is 9.54. The van der Waals surface area contributed by atoms with Gasteiger partial charge in [0.2, 0.25) is 5.91 Å². The molecule has 0 saturated heterocycles. The number of hydrogen-bond acceptors (Lipinski definition) is 3. The second kappa shape index (κ2) is 9.98. The summed E-state index contributed by atoms with van der Waals surface area (Å²) in [5, 5.41) is 5.63. The molecule has 1 rings (SSSR count). The molecule has 1 aliphatic rings. The normalized spacial score (nSPS) is 17.3. The predicted octanol–water partition coefficient (Wildman–Crippen LogP) is 1.87. The zero-order chi connectivity index (χ0) is 16.8. The van der Waals surface area contributed by atoms with Crippen LogP contribution in [0.3, 0.4) is 0 Å².